The van der Waals surface area contributed by atoms with Crippen LogP contribution in [0.4, 0.5) is 5.69 Å². The molecular weight excluding hydrogens is 566 g/mol. The van der Waals surface area contributed by atoms with Crippen molar-refractivity contribution in [2.24, 2.45) is 0 Å². The summed E-state index contributed by atoms with van der Waals surface area (Å²) in [5.74, 6) is -0.258. The number of nitrogens with zero attached hydrogens (tertiary/aromatic N) is 2. The van der Waals surface area contributed by atoms with Gasteiger partial charge in [0.15, 0.2) is 11.5 Å². The van der Waals surface area contributed by atoms with E-state index >= 15 is 0 Å². The summed E-state index contributed by atoms with van der Waals surface area (Å²) < 4.78 is 39.8. The predicted molar refractivity (Wildman–Crippen MR) is 160 cm³/mol. The van der Waals surface area contributed by atoms with Crippen LogP contribution >= 0.6 is 11.6 Å². The van der Waals surface area contributed by atoms with Crippen LogP contribution in [-0.2, 0) is 26.2 Å². The number of halogens is 1. The summed E-state index contributed by atoms with van der Waals surface area (Å²) in [4.78, 5) is 28.4. The number of hydrogen-bond acceptors (Lipinski definition) is 6. The van der Waals surface area contributed by atoms with Crippen molar-refractivity contribution in [3.05, 3.63) is 82.9 Å². The van der Waals surface area contributed by atoms with Gasteiger partial charge in [-0.25, -0.2) is 8.42 Å². The van der Waals surface area contributed by atoms with Crippen LogP contribution in [0.3, 0.4) is 0 Å². The van der Waals surface area contributed by atoms with Crippen molar-refractivity contribution in [2.45, 2.75) is 44.7 Å². The molecule has 0 heterocycles. The number of carbonyl (C=O) groups is 2. The van der Waals surface area contributed by atoms with Crippen molar-refractivity contribution in [1.29, 1.82) is 0 Å². The lowest BCUT2D eigenvalue weighted by Crippen LogP contribution is -2.52. The number of hydrogen-bond donors (Lipinski definition) is 1. The smallest absolute Gasteiger partial charge is 0.264 e. The van der Waals surface area contributed by atoms with Crippen LogP contribution in [-0.4, -0.2) is 58.5 Å². The predicted octanol–water partition coefficient (Wildman–Crippen LogP) is 4.80. The molecule has 0 bridgehead atoms. The molecule has 1 N–H and O–H groups in total. The summed E-state index contributed by atoms with van der Waals surface area (Å²) in [6.07, 6.45) is 0.331. The molecule has 2 amide bonds. The highest BCUT2D eigenvalue weighted by Crippen LogP contribution is 2.32. The highest BCUT2D eigenvalue weighted by atomic mass is 35.5. The van der Waals surface area contributed by atoms with Gasteiger partial charge >= 0.3 is 0 Å². The van der Waals surface area contributed by atoms with E-state index in [1.165, 1.54) is 37.3 Å². The Kier molecular flexibility index (Phi) is 11.0. The normalized spacial score (nSPS) is 11.9. The average Bonchev–Trinajstić information content (AvgIpc) is 2.96. The van der Waals surface area contributed by atoms with Crippen LogP contribution in [0.2, 0.25) is 5.02 Å². The van der Waals surface area contributed by atoms with E-state index in [1.807, 2.05) is 6.92 Å². The topological polar surface area (TPSA) is 105 Å². The SMILES string of the molecule is CCNC(=O)[C@H](CC)N(Cc1ccc(Cl)cc1)C(=O)CN(c1ccc(C)cc1)S(=O)(=O)c1ccc(OC)c(OC)c1. The summed E-state index contributed by atoms with van der Waals surface area (Å²) in [7, 11) is -1.39. The van der Waals surface area contributed by atoms with Crippen LogP contribution in [0.15, 0.2) is 71.6 Å². The molecule has 0 unspecified atom stereocenters. The maximum atomic E-state index is 14.1. The number of sulfonamides is 1. The lowest BCUT2D eigenvalue weighted by atomic mass is 10.1. The highest BCUT2D eigenvalue weighted by molar-refractivity contribution is 7.92. The third kappa shape index (κ3) is 7.71. The van der Waals surface area contributed by atoms with Gasteiger partial charge in [0, 0.05) is 24.2 Å². The zero-order valence-electron chi connectivity index (χ0n) is 23.9. The Bertz CT molecular complexity index is 1450. The minimum atomic E-state index is -4.26. The van der Waals surface area contributed by atoms with E-state index in [2.05, 4.69) is 5.32 Å². The number of methoxy groups -OCH3 is 2. The first-order chi connectivity index (χ1) is 19.5. The number of anilines is 1. The Morgan fingerprint density at radius 3 is 2.12 bits per heavy atom. The molecule has 9 nitrogen and oxygen atoms in total. The molecule has 0 spiro atoms. The van der Waals surface area contributed by atoms with E-state index in [0.29, 0.717) is 29.4 Å². The first-order valence-corrected chi connectivity index (χ1v) is 15.0. The zero-order valence-corrected chi connectivity index (χ0v) is 25.5. The second-order valence-corrected chi connectivity index (χ2v) is 11.6. The van der Waals surface area contributed by atoms with Crippen molar-refractivity contribution in [2.75, 3.05) is 31.6 Å². The standard InChI is InChI=1S/C30H36ClN3O6S/c1-6-26(30(36)32-7-2)33(19-22-10-12-23(31)13-11-22)29(35)20-34(24-14-8-21(3)9-15-24)41(37,38)25-16-17-27(39-4)28(18-25)40-5/h8-18,26H,6-7,19-20H2,1-5H3,(H,32,36)/t26-/m0/s1. The summed E-state index contributed by atoms with van der Waals surface area (Å²) in [6, 6.07) is 17.2. The highest BCUT2D eigenvalue weighted by Gasteiger charge is 2.34. The minimum Gasteiger partial charge on any atom is -0.493 e. The Morgan fingerprint density at radius 1 is 0.927 bits per heavy atom. The van der Waals surface area contributed by atoms with Gasteiger partial charge in [0.2, 0.25) is 11.8 Å². The molecule has 0 fully saturated rings. The van der Waals surface area contributed by atoms with Gasteiger partial charge in [-0.05, 0) is 62.2 Å². The van der Waals surface area contributed by atoms with Gasteiger partial charge in [-0.2, -0.15) is 0 Å². The quantitative estimate of drug-likeness (QED) is 0.302. The van der Waals surface area contributed by atoms with Gasteiger partial charge in [0.25, 0.3) is 10.0 Å². The number of nitrogens with one attached hydrogen (secondary N) is 1. The van der Waals surface area contributed by atoms with Gasteiger partial charge in [0.05, 0.1) is 24.8 Å². The molecule has 3 rings (SSSR count). The fraction of sp³-hybridized carbons (Fsp3) is 0.333. The van der Waals surface area contributed by atoms with Gasteiger partial charge in [-0.1, -0.05) is 48.4 Å². The van der Waals surface area contributed by atoms with E-state index in [0.717, 1.165) is 15.4 Å². The number of rotatable bonds is 13. The van der Waals surface area contributed by atoms with Gasteiger partial charge < -0.3 is 19.7 Å². The van der Waals surface area contributed by atoms with Crippen molar-refractivity contribution < 1.29 is 27.5 Å². The Balaban J connectivity index is 2.09. The molecule has 0 radical (unpaired) electrons. The average molecular weight is 602 g/mol. The molecule has 0 saturated heterocycles. The van der Waals surface area contributed by atoms with E-state index in [-0.39, 0.29) is 23.1 Å². The molecule has 0 aliphatic rings. The van der Waals surface area contributed by atoms with Gasteiger partial charge in [-0.15, -0.1) is 0 Å². The largest absolute Gasteiger partial charge is 0.493 e. The molecule has 220 valence electrons. The van der Waals surface area contributed by atoms with Crippen molar-refractivity contribution in [3.8, 4) is 11.5 Å². The summed E-state index contributed by atoms with van der Waals surface area (Å²) in [5.41, 5.74) is 1.97. The Labute approximate surface area is 247 Å². The summed E-state index contributed by atoms with van der Waals surface area (Å²) >= 11 is 6.05. The number of likely N-dealkylation sites (N-methyl/N-ethyl adjacent to an activating group) is 1. The first-order valence-electron chi connectivity index (χ1n) is 13.2. The van der Waals surface area contributed by atoms with E-state index in [9.17, 15) is 18.0 Å². The third-order valence-electron chi connectivity index (χ3n) is 6.55. The number of ether oxygens (including phenoxy) is 2. The molecule has 3 aromatic carbocycles. The van der Waals surface area contributed by atoms with Crippen LogP contribution < -0.4 is 19.1 Å². The second kappa shape index (κ2) is 14.2. The third-order valence-corrected chi connectivity index (χ3v) is 8.57. The monoisotopic (exact) mass is 601 g/mol. The van der Waals surface area contributed by atoms with E-state index in [1.54, 1.807) is 62.4 Å². The zero-order chi connectivity index (χ0) is 30.2. The number of aryl methyl sites for hydroxylation is 1. The molecule has 1 atom stereocenters. The summed E-state index contributed by atoms with van der Waals surface area (Å²) in [6.45, 7) is 5.42. The van der Waals surface area contributed by atoms with Gasteiger partial charge in [0.1, 0.15) is 12.6 Å². The number of carbonyl (C=O) groups excluding carboxylic acids is 2. The van der Waals surface area contributed by atoms with Crippen molar-refractivity contribution in [3.63, 3.8) is 0 Å². The molecular formula is C30H36ClN3O6S. The summed E-state index contributed by atoms with van der Waals surface area (Å²) in [5, 5.41) is 3.32. The second-order valence-electron chi connectivity index (χ2n) is 9.33. The molecule has 0 saturated carbocycles. The maximum Gasteiger partial charge on any atom is 0.264 e. The Morgan fingerprint density at radius 2 is 1.56 bits per heavy atom. The van der Waals surface area contributed by atoms with E-state index < -0.39 is 28.5 Å². The van der Waals surface area contributed by atoms with Crippen LogP contribution in [0.25, 0.3) is 0 Å². The number of amides is 2. The molecule has 0 aliphatic carbocycles. The lowest BCUT2D eigenvalue weighted by molar-refractivity contribution is -0.140. The van der Waals surface area contributed by atoms with E-state index in [4.69, 9.17) is 21.1 Å². The fourth-order valence-electron chi connectivity index (χ4n) is 4.34. The maximum absolute atomic E-state index is 14.1. The Hall–Kier alpha value is -3.76. The lowest BCUT2D eigenvalue weighted by Gasteiger charge is -2.33. The fourth-order valence-corrected chi connectivity index (χ4v) is 5.90. The molecule has 0 aliphatic heterocycles. The van der Waals surface area contributed by atoms with Crippen molar-refractivity contribution in [1.82, 2.24) is 10.2 Å². The molecule has 11 heteroatoms. The van der Waals surface area contributed by atoms with Gasteiger partial charge in [-0.3, -0.25) is 13.9 Å². The molecule has 3 aromatic rings. The number of benzene rings is 3. The molecule has 41 heavy (non-hydrogen) atoms. The van der Waals surface area contributed by atoms with Crippen LogP contribution in [0.1, 0.15) is 31.4 Å². The van der Waals surface area contributed by atoms with Crippen LogP contribution in [0.5, 0.6) is 11.5 Å². The van der Waals surface area contributed by atoms with Crippen LogP contribution in [0, 0.1) is 6.92 Å². The minimum absolute atomic E-state index is 0.0801. The first kappa shape index (κ1) is 31.8. The van der Waals surface area contributed by atoms with Crippen molar-refractivity contribution >= 4 is 39.1 Å². The molecule has 0 aromatic heterocycles.